The number of hydrogen-bond donors (Lipinski definition) is 1. The van der Waals surface area contributed by atoms with Gasteiger partial charge in [-0.15, -0.1) is 0 Å². The Balaban J connectivity index is 2.19. The topological polar surface area (TPSA) is 29.5 Å². The summed E-state index contributed by atoms with van der Waals surface area (Å²) in [6.45, 7) is 3.21. The van der Waals surface area contributed by atoms with Gasteiger partial charge in [0.2, 0.25) is 0 Å². The Kier molecular flexibility index (Phi) is 1.01. The van der Waals surface area contributed by atoms with Crippen molar-refractivity contribution in [1.82, 2.24) is 0 Å². The summed E-state index contributed by atoms with van der Waals surface area (Å²) in [5, 5.41) is 9.03. The zero-order valence-electron chi connectivity index (χ0n) is 6.04. The van der Waals surface area contributed by atoms with Crippen LogP contribution in [0.4, 0.5) is 4.39 Å². The summed E-state index contributed by atoms with van der Waals surface area (Å²) < 4.78 is 18.5. The van der Waals surface area contributed by atoms with Gasteiger partial charge in [0.05, 0.1) is 24.2 Å². The lowest BCUT2D eigenvalue weighted by Crippen LogP contribution is -2.34. The molecule has 5 unspecified atom stereocenters. The molecule has 0 amide bonds. The van der Waals surface area contributed by atoms with Crippen LogP contribution in [0.25, 0.3) is 0 Å². The predicted octanol–water partition coefficient (Wildman–Crippen LogP) is 0.493. The molecule has 5 atom stereocenters. The minimum atomic E-state index is -1.32. The van der Waals surface area contributed by atoms with Crippen molar-refractivity contribution < 1.29 is 14.2 Å². The summed E-state index contributed by atoms with van der Waals surface area (Å²) in [5.74, 6) is -0.262. The van der Waals surface area contributed by atoms with Crippen LogP contribution in [0.1, 0.15) is 13.8 Å². The largest absolute Gasteiger partial charge is 0.390 e. The van der Waals surface area contributed by atoms with Crippen LogP contribution in [-0.2, 0) is 4.74 Å². The van der Waals surface area contributed by atoms with E-state index in [1.54, 1.807) is 6.92 Å². The van der Waals surface area contributed by atoms with E-state index in [0.29, 0.717) is 0 Å². The van der Waals surface area contributed by atoms with Gasteiger partial charge < -0.3 is 9.84 Å². The highest BCUT2D eigenvalue weighted by Gasteiger charge is 2.69. The Morgan fingerprint density at radius 2 is 2.20 bits per heavy atom. The maximum absolute atomic E-state index is 13.4. The first kappa shape index (κ1) is 6.55. The van der Waals surface area contributed by atoms with E-state index in [9.17, 15) is 4.39 Å². The molecule has 0 aromatic rings. The number of hydrogen-bond acceptors (Lipinski definition) is 2. The van der Waals surface area contributed by atoms with E-state index in [-0.39, 0.29) is 18.1 Å². The van der Waals surface area contributed by atoms with Crippen LogP contribution in [0, 0.1) is 5.92 Å². The van der Waals surface area contributed by atoms with Crippen LogP contribution in [0.15, 0.2) is 0 Å². The Bertz CT molecular complexity index is 169. The second-order valence-electron chi connectivity index (χ2n) is 3.41. The molecule has 1 N–H and O–H groups in total. The zero-order chi connectivity index (χ0) is 7.52. The minimum absolute atomic E-state index is 0.218. The Morgan fingerprint density at radius 3 is 2.50 bits per heavy atom. The minimum Gasteiger partial charge on any atom is -0.390 e. The van der Waals surface area contributed by atoms with Gasteiger partial charge in [0.15, 0.2) is 0 Å². The van der Waals surface area contributed by atoms with Crippen molar-refractivity contribution in [2.24, 2.45) is 5.92 Å². The average Bonchev–Trinajstić information content (AvgIpc) is 2.34. The lowest BCUT2D eigenvalue weighted by Gasteiger charge is -2.21. The lowest BCUT2D eigenvalue weighted by molar-refractivity contribution is -0.0305. The molecule has 0 bridgehead atoms. The van der Waals surface area contributed by atoms with Crippen LogP contribution < -0.4 is 0 Å². The summed E-state index contributed by atoms with van der Waals surface area (Å²) in [5.41, 5.74) is -1.32. The van der Waals surface area contributed by atoms with Gasteiger partial charge in [0.1, 0.15) is 5.67 Å². The fourth-order valence-corrected chi connectivity index (χ4v) is 1.73. The van der Waals surface area contributed by atoms with Crippen LogP contribution in [0.2, 0.25) is 0 Å². The fraction of sp³-hybridized carbons (Fsp3) is 1.00. The summed E-state index contributed by atoms with van der Waals surface area (Å²) in [6, 6.07) is 0. The molecule has 1 saturated carbocycles. The van der Waals surface area contributed by atoms with Crippen molar-refractivity contribution in [3.8, 4) is 0 Å². The van der Waals surface area contributed by atoms with E-state index >= 15 is 0 Å². The number of aliphatic hydroxyl groups is 1. The lowest BCUT2D eigenvalue weighted by atomic mass is 9.98. The number of rotatable bonds is 0. The van der Waals surface area contributed by atoms with Gasteiger partial charge in [-0.2, -0.15) is 0 Å². The molecule has 2 nitrogen and oxygen atoms in total. The van der Waals surface area contributed by atoms with Gasteiger partial charge in [-0.1, -0.05) is 0 Å². The smallest absolute Gasteiger partial charge is 0.141 e. The molecular weight excluding hydrogens is 135 g/mol. The molecule has 0 aromatic heterocycles. The number of halogens is 1. The molecule has 0 radical (unpaired) electrons. The molecule has 1 heterocycles. The van der Waals surface area contributed by atoms with Crippen molar-refractivity contribution in [2.75, 3.05) is 0 Å². The van der Waals surface area contributed by atoms with E-state index in [0.717, 1.165) is 0 Å². The van der Waals surface area contributed by atoms with Gasteiger partial charge in [0.25, 0.3) is 0 Å². The van der Waals surface area contributed by atoms with E-state index in [4.69, 9.17) is 9.84 Å². The van der Waals surface area contributed by atoms with E-state index in [1.807, 2.05) is 0 Å². The first-order valence-electron chi connectivity index (χ1n) is 3.57. The Labute approximate surface area is 59.0 Å². The van der Waals surface area contributed by atoms with Gasteiger partial charge in [-0.05, 0) is 13.8 Å². The third kappa shape index (κ3) is 0.551. The molecule has 2 aliphatic rings. The third-order valence-corrected chi connectivity index (χ3v) is 2.73. The second-order valence-corrected chi connectivity index (χ2v) is 3.41. The van der Waals surface area contributed by atoms with Gasteiger partial charge in [0, 0.05) is 0 Å². The Hall–Kier alpha value is -0.150. The predicted molar refractivity (Wildman–Crippen MR) is 33.3 cm³/mol. The fourth-order valence-electron chi connectivity index (χ4n) is 1.73. The highest BCUT2D eigenvalue weighted by molar-refractivity contribution is 5.16. The normalized spacial score (nSPS) is 66.0. The Morgan fingerprint density at radius 1 is 1.60 bits per heavy atom. The maximum Gasteiger partial charge on any atom is 0.141 e. The molecule has 58 valence electrons. The number of aliphatic hydroxyl groups excluding tert-OH is 1. The van der Waals surface area contributed by atoms with Crippen molar-refractivity contribution in [3.05, 3.63) is 0 Å². The first-order valence-corrected chi connectivity index (χ1v) is 3.57. The van der Waals surface area contributed by atoms with E-state index in [1.165, 1.54) is 6.92 Å². The molecule has 0 spiro atoms. The monoisotopic (exact) mass is 146 g/mol. The second kappa shape index (κ2) is 1.53. The molecule has 2 rings (SSSR count). The van der Waals surface area contributed by atoms with Crippen LogP contribution in [-0.4, -0.2) is 29.1 Å². The number of fused-ring (bicyclic) bond motifs is 1. The number of alkyl halides is 1. The molecule has 1 aliphatic heterocycles. The number of ether oxygens (including phenoxy) is 1. The standard InChI is InChI=1S/C7H11FO2/c1-3-7(2,8)4-5(9)6(4)10-3/h3-6,9H,1-2H3. The van der Waals surface area contributed by atoms with Crippen molar-refractivity contribution in [2.45, 2.75) is 37.8 Å². The summed E-state index contributed by atoms with van der Waals surface area (Å²) in [7, 11) is 0. The van der Waals surface area contributed by atoms with Crippen molar-refractivity contribution >= 4 is 0 Å². The quantitative estimate of drug-likeness (QED) is 0.539. The third-order valence-electron chi connectivity index (χ3n) is 2.73. The van der Waals surface area contributed by atoms with Gasteiger partial charge in [-0.3, -0.25) is 0 Å². The van der Waals surface area contributed by atoms with Crippen LogP contribution in [0.5, 0.6) is 0 Å². The molecule has 2 fully saturated rings. The van der Waals surface area contributed by atoms with Crippen LogP contribution >= 0.6 is 0 Å². The summed E-state index contributed by atoms with van der Waals surface area (Å²) in [4.78, 5) is 0. The van der Waals surface area contributed by atoms with Crippen LogP contribution in [0.3, 0.4) is 0 Å². The first-order chi connectivity index (χ1) is 4.55. The molecule has 10 heavy (non-hydrogen) atoms. The molecular formula is C7H11FO2. The van der Waals surface area contributed by atoms with E-state index in [2.05, 4.69) is 0 Å². The van der Waals surface area contributed by atoms with Gasteiger partial charge >= 0.3 is 0 Å². The molecule has 3 heteroatoms. The van der Waals surface area contributed by atoms with Gasteiger partial charge in [-0.25, -0.2) is 4.39 Å². The molecule has 1 aliphatic carbocycles. The molecule has 0 aromatic carbocycles. The van der Waals surface area contributed by atoms with E-state index < -0.39 is 11.8 Å². The highest BCUT2D eigenvalue weighted by Crippen LogP contribution is 2.53. The SMILES string of the molecule is CC1OC2C(O)C2C1(C)F. The zero-order valence-corrected chi connectivity index (χ0v) is 6.04. The molecule has 1 saturated heterocycles. The highest BCUT2D eigenvalue weighted by atomic mass is 19.1. The van der Waals surface area contributed by atoms with Crippen molar-refractivity contribution in [3.63, 3.8) is 0 Å². The van der Waals surface area contributed by atoms with Crippen molar-refractivity contribution in [1.29, 1.82) is 0 Å². The summed E-state index contributed by atoms with van der Waals surface area (Å²) >= 11 is 0. The maximum atomic E-state index is 13.4. The summed E-state index contributed by atoms with van der Waals surface area (Å²) in [6.07, 6.45) is -1.12. The average molecular weight is 146 g/mol.